The van der Waals surface area contributed by atoms with E-state index in [1.165, 1.54) is 5.56 Å². The predicted octanol–water partition coefficient (Wildman–Crippen LogP) is 3.78. The van der Waals surface area contributed by atoms with E-state index >= 15 is 0 Å². The Hall–Kier alpha value is -1.89. The highest BCUT2D eigenvalue weighted by Gasteiger charge is 2.38. The van der Waals surface area contributed by atoms with E-state index in [1.54, 1.807) is 7.11 Å². The maximum absolute atomic E-state index is 10.9. The van der Waals surface area contributed by atoms with Gasteiger partial charge in [-0.3, -0.25) is 4.52 Å². The largest absolute Gasteiger partial charge is 0.496 e. The zero-order valence-electron chi connectivity index (χ0n) is 17.2. The summed E-state index contributed by atoms with van der Waals surface area (Å²) >= 11 is 0. The molecule has 30 heavy (non-hydrogen) atoms. The van der Waals surface area contributed by atoms with Crippen LogP contribution in [-0.4, -0.2) is 35.6 Å². The summed E-state index contributed by atoms with van der Waals surface area (Å²) in [5.41, 5.74) is 7.89. The maximum Gasteiger partial charge on any atom is 0.469 e. The van der Waals surface area contributed by atoms with Gasteiger partial charge in [-0.1, -0.05) is 30.3 Å². The fourth-order valence-electron chi connectivity index (χ4n) is 3.98. The third kappa shape index (κ3) is 6.56. The van der Waals surface area contributed by atoms with Gasteiger partial charge in [0.2, 0.25) is 0 Å². The van der Waals surface area contributed by atoms with Crippen LogP contribution in [0.2, 0.25) is 0 Å². The first-order valence-electron chi connectivity index (χ1n) is 10.1. The summed E-state index contributed by atoms with van der Waals surface area (Å²) in [5, 5.41) is 0. The zero-order chi connectivity index (χ0) is 21.6. The monoisotopic (exact) mass is 435 g/mol. The minimum Gasteiger partial charge on any atom is -0.496 e. The van der Waals surface area contributed by atoms with Crippen molar-refractivity contribution in [2.45, 2.75) is 43.6 Å². The van der Waals surface area contributed by atoms with Crippen LogP contribution in [0.4, 0.5) is 0 Å². The summed E-state index contributed by atoms with van der Waals surface area (Å²) in [4.78, 5) is 17.8. The molecule has 4 N–H and O–H groups in total. The molecule has 0 unspecified atom stereocenters. The fraction of sp³-hybridized carbons (Fsp3) is 0.455. The molecule has 1 aliphatic carbocycles. The van der Waals surface area contributed by atoms with Crippen molar-refractivity contribution in [2.75, 3.05) is 20.3 Å². The number of ether oxygens (including phenoxy) is 2. The normalized spacial score (nSPS) is 21.5. The van der Waals surface area contributed by atoms with Gasteiger partial charge in [-0.2, -0.15) is 0 Å². The number of phosphoric acid groups is 1. The number of phosphoric ester groups is 1. The average Bonchev–Trinajstić information content (AvgIpc) is 3.13. The number of nitrogens with two attached hydrogens (primary N) is 1. The molecule has 0 radical (unpaired) electrons. The Morgan fingerprint density at radius 1 is 1.17 bits per heavy atom. The van der Waals surface area contributed by atoms with Gasteiger partial charge < -0.3 is 25.0 Å². The lowest BCUT2D eigenvalue weighted by atomic mass is 9.94. The lowest BCUT2D eigenvalue weighted by Crippen LogP contribution is -2.41. The van der Waals surface area contributed by atoms with Gasteiger partial charge in [0, 0.05) is 5.54 Å². The van der Waals surface area contributed by atoms with Crippen LogP contribution in [0.15, 0.2) is 48.5 Å². The van der Waals surface area contributed by atoms with Crippen molar-refractivity contribution in [3.05, 3.63) is 59.7 Å². The third-order valence-electron chi connectivity index (χ3n) is 5.57. The molecule has 0 heterocycles. The third-order valence-corrected chi connectivity index (χ3v) is 6.03. The number of methoxy groups -OCH3 is 1. The Morgan fingerprint density at radius 3 is 2.60 bits per heavy atom. The van der Waals surface area contributed by atoms with E-state index in [2.05, 4.69) is 10.6 Å². The Morgan fingerprint density at radius 2 is 1.90 bits per heavy atom. The van der Waals surface area contributed by atoms with E-state index < -0.39 is 13.4 Å². The Kier molecular flexibility index (Phi) is 7.55. The molecule has 0 saturated heterocycles. The van der Waals surface area contributed by atoms with Crippen molar-refractivity contribution in [3.63, 3.8) is 0 Å². The molecule has 0 aromatic heterocycles. The van der Waals surface area contributed by atoms with E-state index in [9.17, 15) is 4.57 Å². The smallest absolute Gasteiger partial charge is 0.469 e. The minimum absolute atomic E-state index is 0.138. The fourth-order valence-corrected chi connectivity index (χ4v) is 4.41. The second-order valence-electron chi connectivity index (χ2n) is 7.90. The van der Waals surface area contributed by atoms with Crippen molar-refractivity contribution in [2.24, 2.45) is 5.73 Å². The van der Waals surface area contributed by atoms with Gasteiger partial charge in [-0.05, 0) is 67.3 Å². The lowest BCUT2D eigenvalue weighted by Gasteiger charge is -2.24. The first kappa shape index (κ1) is 22.8. The predicted molar refractivity (Wildman–Crippen MR) is 115 cm³/mol. The summed E-state index contributed by atoms with van der Waals surface area (Å²) in [6.07, 6.45) is 3.94. The second kappa shape index (κ2) is 9.94. The molecule has 0 aliphatic heterocycles. The van der Waals surface area contributed by atoms with E-state index in [-0.39, 0.29) is 12.5 Å². The number of aryl methyl sites for hydroxylation is 1. The topological polar surface area (TPSA) is 111 Å². The lowest BCUT2D eigenvalue weighted by molar-refractivity contribution is 0.153. The van der Waals surface area contributed by atoms with E-state index in [1.807, 2.05) is 42.5 Å². The van der Waals surface area contributed by atoms with Crippen molar-refractivity contribution in [1.29, 1.82) is 0 Å². The molecule has 8 heteroatoms. The Labute approximate surface area is 177 Å². The van der Waals surface area contributed by atoms with Gasteiger partial charge in [0.15, 0.2) is 0 Å². The SMILES string of the molecule is COc1ccccc1CCCOc1ccc([C@@H]2CC[C@@](N)(COP(=O)(O)O)C2)cc1. The second-order valence-corrected chi connectivity index (χ2v) is 9.14. The van der Waals surface area contributed by atoms with E-state index in [0.717, 1.165) is 36.3 Å². The minimum atomic E-state index is -4.50. The highest BCUT2D eigenvalue weighted by atomic mass is 31.2. The van der Waals surface area contributed by atoms with Crippen LogP contribution < -0.4 is 15.2 Å². The van der Waals surface area contributed by atoms with E-state index in [4.69, 9.17) is 25.0 Å². The molecule has 164 valence electrons. The molecule has 2 aromatic carbocycles. The zero-order valence-corrected chi connectivity index (χ0v) is 18.1. The number of rotatable bonds is 10. The molecule has 0 bridgehead atoms. The molecule has 7 nitrogen and oxygen atoms in total. The highest BCUT2D eigenvalue weighted by molar-refractivity contribution is 7.46. The average molecular weight is 435 g/mol. The van der Waals surface area contributed by atoms with Gasteiger partial charge in [-0.15, -0.1) is 0 Å². The molecule has 1 saturated carbocycles. The maximum atomic E-state index is 10.9. The summed E-state index contributed by atoms with van der Waals surface area (Å²) in [6, 6.07) is 16.0. The van der Waals surface area contributed by atoms with E-state index in [0.29, 0.717) is 19.4 Å². The summed E-state index contributed by atoms with van der Waals surface area (Å²) in [6.45, 7) is 0.480. The van der Waals surface area contributed by atoms with Crippen LogP contribution in [0.1, 0.15) is 42.7 Å². The first-order chi connectivity index (χ1) is 14.3. The van der Waals surface area contributed by atoms with Crippen molar-refractivity contribution in [1.82, 2.24) is 0 Å². The molecule has 1 aliphatic rings. The van der Waals surface area contributed by atoms with Gasteiger partial charge in [0.05, 0.1) is 20.3 Å². The van der Waals surface area contributed by atoms with Gasteiger partial charge in [0.1, 0.15) is 11.5 Å². The first-order valence-corrected chi connectivity index (χ1v) is 11.6. The molecule has 1 fully saturated rings. The summed E-state index contributed by atoms with van der Waals surface area (Å²) < 4.78 is 26.8. The van der Waals surface area contributed by atoms with Crippen LogP contribution in [0.5, 0.6) is 11.5 Å². The number of hydrogen-bond acceptors (Lipinski definition) is 5. The number of para-hydroxylation sites is 1. The van der Waals surface area contributed by atoms with Gasteiger partial charge in [-0.25, -0.2) is 4.57 Å². The molecular formula is C22H30NO6P. The Bertz CT molecular complexity index is 868. The van der Waals surface area contributed by atoms with Gasteiger partial charge in [0.25, 0.3) is 0 Å². The quantitative estimate of drug-likeness (QED) is 0.385. The van der Waals surface area contributed by atoms with Crippen LogP contribution in [0.25, 0.3) is 0 Å². The highest BCUT2D eigenvalue weighted by Crippen LogP contribution is 2.43. The summed E-state index contributed by atoms with van der Waals surface area (Å²) in [5.74, 6) is 1.97. The standard InChI is InChI=1S/C22H30NO6P/c1-27-21-7-3-2-5-18(21)6-4-14-28-20-10-8-17(9-11-20)19-12-13-22(23,15-19)16-29-30(24,25)26/h2-3,5,7-11,19H,4,6,12-16,23H2,1H3,(H2,24,25,26)/t19-,22+/m1/s1. The number of benzene rings is 2. The van der Waals surface area contributed by atoms with Crippen LogP contribution >= 0.6 is 7.82 Å². The summed E-state index contributed by atoms with van der Waals surface area (Å²) in [7, 11) is -2.82. The molecule has 0 amide bonds. The van der Waals surface area contributed by atoms with Crippen molar-refractivity contribution < 1.29 is 28.3 Å². The van der Waals surface area contributed by atoms with Crippen LogP contribution in [0, 0.1) is 0 Å². The molecule has 2 atom stereocenters. The molecule has 2 aromatic rings. The van der Waals surface area contributed by atoms with Crippen molar-refractivity contribution >= 4 is 7.82 Å². The van der Waals surface area contributed by atoms with Crippen LogP contribution in [-0.2, 0) is 15.5 Å². The number of hydrogen-bond donors (Lipinski definition) is 3. The molecule has 3 rings (SSSR count). The van der Waals surface area contributed by atoms with Crippen LogP contribution in [0.3, 0.4) is 0 Å². The van der Waals surface area contributed by atoms with Crippen molar-refractivity contribution in [3.8, 4) is 11.5 Å². The van der Waals surface area contributed by atoms with Gasteiger partial charge >= 0.3 is 7.82 Å². The Balaban J connectivity index is 1.45. The molecular weight excluding hydrogens is 405 g/mol. The molecule has 0 spiro atoms.